The lowest BCUT2D eigenvalue weighted by Crippen LogP contribution is -2.43. The first-order valence-corrected chi connectivity index (χ1v) is 11.4. The van der Waals surface area contributed by atoms with Crippen LogP contribution in [0, 0.1) is 5.41 Å². The minimum absolute atomic E-state index is 0.389. The van der Waals surface area contributed by atoms with Crippen LogP contribution in [0.1, 0.15) is 52.4 Å². The van der Waals surface area contributed by atoms with Gasteiger partial charge in [-0.15, -0.1) is 5.10 Å². The average molecular weight is 426 g/mol. The van der Waals surface area contributed by atoms with Crippen LogP contribution in [0.3, 0.4) is 0 Å². The summed E-state index contributed by atoms with van der Waals surface area (Å²) >= 11 is 0. The summed E-state index contributed by atoms with van der Waals surface area (Å²) in [4.78, 5) is 9.19. The molecule has 2 aliphatic carbocycles. The van der Waals surface area contributed by atoms with Gasteiger partial charge in [0, 0.05) is 43.5 Å². The summed E-state index contributed by atoms with van der Waals surface area (Å²) in [6.45, 7) is 6.15. The normalized spacial score (nSPS) is 23.2. The van der Waals surface area contributed by atoms with Crippen molar-refractivity contribution in [3.8, 4) is 11.3 Å². The Bertz CT molecular complexity index is 849. The number of nitrogens with one attached hydrogen (secondary N) is 3. The molecular formula is C23H35N7O. The molecule has 31 heavy (non-hydrogen) atoms. The van der Waals surface area contributed by atoms with Crippen LogP contribution < -0.4 is 16.0 Å². The third-order valence-corrected chi connectivity index (χ3v) is 6.40. The number of anilines is 2. The van der Waals surface area contributed by atoms with Crippen LogP contribution in [0.4, 0.5) is 11.8 Å². The Hall–Kier alpha value is -2.32. The molecule has 0 aromatic carbocycles. The second-order valence-electron chi connectivity index (χ2n) is 9.48. The number of nitrogens with zero attached hydrogens (tertiary/aromatic N) is 4. The summed E-state index contributed by atoms with van der Waals surface area (Å²) in [6, 6.07) is 5.29. The van der Waals surface area contributed by atoms with Gasteiger partial charge in [0.15, 0.2) is 0 Å². The maximum absolute atomic E-state index is 5.23. The minimum atomic E-state index is 0.389. The van der Waals surface area contributed by atoms with Gasteiger partial charge in [-0.3, -0.25) is 0 Å². The quantitative estimate of drug-likeness (QED) is 0.532. The summed E-state index contributed by atoms with van der Waals surface area (Å²) in [7, 11) is 1.75. The minimum Gasteiger partial charge on any atom is -0.383 e. The van der Waals surface area contributed by atoms with Crippen molar-refractivity contribution in [2.24, 2.45) is 5.41 Å². The topological polar surface area (TPSA) is 96.9 Å². The second kappa shape index (κ2) is 9.87. The van der Waals surface area contributed by atoms with Crippen LogP contribution in [-0.2, 0) is 4.74 Å². The molecule has 0 spiro atoms. The predicted octanol–water partition coefficient (Wildman–Crippen LogP) is 3.49. The number of ether oxygens (including phenoxy) is 1. The fourth-order valence-electron chi connectivity index (χ4n) is 4.16. The van der Waals surface area contributed by atoms with Crippen molar-refractivity contribution in [3.63, 3.8) is 0 Å². The van der Waals surface area contributed by atoms with E-state index in [1.807, 2.05) is 18.3 Å². The monoisotopic (exact) mass is 425 g/mol. The first kappa shape index (κ1) is 21.9. The first-order chi connectivity index (χ1) is 15.0. The maximum Gasteiger partial charge on any atom is 0.223 e. The predicted molar refractivity (Wildman–Crippen MR) is 123 cm³/mol. The molecule has 8 heteroatoms. The highest BCUT2D eigenvalue weighted by Crippen LogP contribution is 2.44. The highest BCUT2D eigenvalue weighted by molar-refractivity contribution is 5.62. The first-order valence-electron chi connectivity index (χ1n) is 11.4. The molecule has 0 bridgehead atoms. The fraction of sp³-hybridized carbons (Fsp3) is 0.652. The Morgan fingerprint density at radius 3 is 2.71 bits per heavy atom. The standard InChI is InChI=1S/C23H35N7O/c1-16(14-31-3)27-18-4-6-19(7-5-18)28-22-24-11-8-20(29-22)17-12-21(30-26-13-17)25-15-23(2)9-10-23/h8,11-13,16,18-19,27H,4-7,9-10,14-15H2,1-3H3,(H,25,30)(H,24,28,29). The van der Waals surface area contributed by atoms with Gasteiger partial charge < -0.3 is 20.7 Å². The summed E-state index contributed by atoms with van der Waals surface area (Å²) in [6.07, 6.45) is 10.6. The fourth-order valence-corrected chi connectivity index (χ4v) is 4.16. The number of hydrogen-bond acceptors (Lipinski definition) is 8. The van der Waals surface area contributed by atoms with Crippen LogP contribution in [0.5, 0.6) is 0 Å². The molecule has 1 atom stereocenters. The molecular weight excluding hydrogens is 390 g/mol. The molecule has 4 rings (SSSR count). The van der Waals surface area contributed by atoms with E-state index in [9.17, 15) is 0 Å². The van der Waals surface area contributed by atoms with Crippen molar-refractivity contribution in [1.82, 2.24) is 25.5 Å². The number of rotatable bonds is 10. The van der Waals surface area contributed by atoms with Crippen LogP contribution in [0.25, 0.3) is 11.3 Å². The molecule has 0 amide bonds. The number of hydrogen-bond donors (Lipinski definition) is 3. The molecule has 168 valence electrons. The Kier molecular flexibility index (Phi) is 6.97. The third kappa shape index (κ3) is 6.33. The van der Waals surface area contributed by atoms with Gasteiger partial charge in [-0.1, -0.05) is 6.92 Å². The van der Waals surface area contributed by atoms with Gasteiger partial charge in [0.05, 0.1) is 18.5 Å². The molecule has 2 aliphatic rings. The van der Waals surface area contributed by atoms with Crippen molar-refractivity contribution in [2.75, 3.05) is 30.9 Å². The molecule has 0 radical (unpaired) electrons. The molecule has 2 heterocycles. The molecule has 0 saturated heterocycles. The SMILES string of the molecule is COCC(C)NC1CCC(Nc2nccc(-c3cnnc(NCC4(C)CC4)c3)n2)CC1. The molecule has 3 N–H and O–H groups in total. The number of methoxy groups -OCH3 is 1. The van der Waals surface area contributed by atoms with E-state index in [2.05, 4.69) is 45.0 Å². The van der Waals surface area contributed by atoms with E-state index >= 15 is 0 Å². The number of aromatic nitrogens is 4. The molecule has 2 fully saturated rings. The van der Waals surface area contributed by atoms with Gasteiger partial charge >= 0.3 is 0 Å². The highest BCUT2D eigenvalue weighted by atomic mass is 16.5. The van der Waals surface area contributed by atoms with Gasteiger partial charge in [-0.2, -0.15) is 5.10 Å². The highest BCUT2D eigenvalue weighted by Gasteiger charge is 2.36. The van der Waals surface area contributed by atoms with E-state index in [4.69, 9.17) is 9.72 Å². The lowest BCUT2D eigenvalue weighted by Gasteiger charge is -2.31. The smallest absolute Gasteiger partial charge is 0.223 e. The average Bonchev–Trinajstić information content (AvgIpc) is 3.52. The molecule has 2 saturated carbocycles. The summed E-state index contributed by atoms with van der Waals surface area (Å²) in [5, 5.41) is 19.0. The summed E-state index contributed by atoms with van der Waals surface area (Å²) in [5.41, 5.74) is 2.22. The molecule has 2 aromatic heterocycles. The van der Waals surface area contributed by atoms with Crippen molar-refractivity contribution in [3.05, 3.63) is 24.5 Å². The van der Waals surface area contributed by atoms with Gasteiger partial charge in [-0.05, 0) is 63.0 Å². The van der Waals surface area contributed by atoms with Crippen molar-refractivity contribution < 1.29 is 4.74 Å². The van der Waals surface area contributed by atoms with Crippen molar-refractivity contribution >= 4 is 11.8 Å². The summed E-state index contributed by atoms with van der Waals surface area (Å²) in [5.74, 6) is 1.48. The van der Waals surface area contributed by atoms with E-state index in [0.717, 1.165) is 55.9 Å². The van der Waals surface area contributed by atoms with E-state index in [-0.39, 0.29) is 0 Å². The van der Waals surface area contributed by atoms with Crippen LogP contribution in [0.15, 0.2) is 24.5 Å². The lowest BCUT2D eigenvalue weighted by molar-refractivity contribution is 0.161. The largest absolute Gasteiger partial charge is 0.383 e. The van der Waals surface area contributed by atoms with Gasteiger partial charge in [0.25, 0.3) is 0 Å². The van der Waals surface area contributed by atoms with Crippen molar-refractivity contribution in [2.45, 2.75) is 70.5 Å². The lowest BCUT2D eigenvalue weighted by atomic mass is 9.91. The zero-order chi connectivity index (χ0) is 21.7. The van der Waals surface area contributed by atoms with Crippen LogP contribution in [0.2, 0.25) is 0 Å². The third-order valence-electron chi connectivity index (χ3n) is 6.40. The Balaban J connectivity index is 1.32. The van der Waals surface area contributed by atoms with E-state index in [1.54, 1.807) is 13.3 Å². The Morgan fingerprint density at radius 2 is 1.97 bits per heavy atom. The molecule has 8 nitrogen and oxygen atoms in total. The van der Waals surface area contributed by atoms with Gasteiger partial charge in [-0.25, -0.2) is 9.97 Å². The second-order valence-corrected chi connectivity index (χ2v) is 9.48. The van der Waals surface area contributed by atoms with Crippen LogP contribution in [-0.4, -0.2) is 58.6 Å². The van der Waals surface area contributed by atoms with E-state index in [0.29, 0.717) is 29.5 Å². The van der Waals surface area contributed by atoms with Crippen LogP contribution >= 0.6 is 0 Å². The Morgan fingerprint density at radius 1 is 1.19 bits per heavy atom. The van der Waals surface area contributed by atoms with E-state index < -0.39 is 0 Å². The summed E-state index contributed by atoms with van der Waals surface area (Å²) < 4.78 is 5.23. The molecule has 2 aromatic rings. The molecule has 0 aliphatic heterocycles. The maximum atomic E-state index is 5.23. The van der Waals surface area contributed by atoms with Crippen molar-refractivity contribution in [1.29, 1.82) is 0 Å². The molecule has 1 unspecified atom stereocenters. The zero-order valence-corrected chi connectivity index (χ0v) is 18.9. The zero-order valence-electron chi connectivity index (χ0n) is 18.9. The van der Waals surface area contributed by atoms with Gasteiger partial charge in [0.1, 0.15) is 5.82 Å². The van der Waals surface area contributed by atoms with Gasteiger partial charge in [0.2, 0.25) is 5.95 Å². The Labute approximate surface area is 185 Å². The van der Waals surface area contributed by atoms with E-state index in [1.165, 1.54) is 12.8 Å².